The van der Waals surface area contributed by atoms with E-state index < -0.39 is 12.0 Å². The molecule has 4 nitrogen and oxygen atoms in total. The van der Waals surface area contributed by atoms with Crippen molar-refractivity contribution in [2.45, 2.75) is 44.6 Å². The molecular formula is C13H19NO3. The first kappa shape index (κ1) is 11.1. The number of nitrogens with zero attached hydrogens (tertiary/aromatic N) is 1. The second-order valence-electron chi connectivity index (χ2n) is 5.67. The van der Waals surface area contributed by atoms with Gasteiger partial charge in [0.2, 0.25) is 5.91 Å². The highest BCUT2D eigenvalue weighted by atomic mass is 16.4. The van der Waals surface area contributed by atoms with Gasteiger partial charge in [-0.2, -0.15) is 0 Å². The molecule has 1 amide bonds. The molecule has 1 saturated heterocycles. The molecule has 0 radical (unpaired) electrons. The molecule has 1 aliphatic heterocycles. The fourth-order valence-electron chi connectivity index (χ4n) is 3.83. The summed E-state index contributed by atoms with van der Waals surface area (Å²) >= 11 is 0. The SMILES string of the molecule is O=C(O)C1CCCCN1C(=O)C1C2CCCC21. The minimum atomic E-state index is -0.830. The first-order valence-corrected chi connectivity index (χ1v) is 6.73. The van der Waals surface area contributed by atoms with E-state index in [0.29, 0.717) is 24.8 Å². The number of rotatable bonds is 2. The van der Waals surface area contributed by atoms with Gasteiger partial charge < -0.3 is 10.0 Å². The van der Waals surface area contributed by atoms with Crippen molar-refractivity contribution in [3.05, 3.63) is 0 Å². The van der Waals surface area contributed by atoms with Crippen LogP contribution in [0.25, 0.3) is 0 Å². The highest BCUT2D eigenvalue weighted by Crippen LogP contribution is 2.58. The number of carbonyl (C=O) groups is 2. The first-order chi connectivity index (χ1) is 8.20. The summed E-state index contributed by atoms with van der Waals surface area (Å²) in [6.45, 7) is 0.645. The molecule has 2 saturated carbocycles. The van der Waals surface area contributed by atoms with E-state index in [1.807, 2.05) is 0 Å². The van der Waals surface area contributed by atoms with Gasteiger partial charge in [0, 0.05) is 12.5 Å². The lowest BCUT2D eigenvalue weighted by Crippen LogP contribution is -2.49. The number of amides is 1. The van der Waals surface area contributed by atoms with Crippen LogP contribution in [0, 0.1) is 17.8 Å². The van der Waals surface area contributed by atoms with Crippen molar-refractivity contribution in [3.63, 3.8) is 0 Å². The summed E-state index contributed by atoms with van der Waals surface area (Å²) in [7, 11) is 0. The van der Waals surface area contributed by atoms with Crippen LogP contribution in [-0.4, -0.2) is 34.5 Å². The lowest BCUT2D eigenvalue weighted by Gasteiger charge is -2.33. The molecular weight excluding hydrogens is 218 g/mol. The third-order valence-corrected chi connectivity index (χ3v) is 4.76. The van der Waals surface area contributed by atoms with Crippen molar-refractivity contribution >= 4 is 11.9 Å². The monoisotopic (exact) mass is 237 g/mol. The largest absolute Gasteiger partial charge is 0.480 e. The second kappa shape index (κ2) is 4.00. The van der Waals surface area contributed by atoms with Gasteiger partial charge in [0.25, 0.3) is 0 Å². The number of carboxylic acid groups (broad SMARTS) is 1. The van der Waals surface area contributed by atoms with Crippen molar-refractivity contribution in [1.82, 2.24) is 4.90 Å². The fraction of sp³-hybridized carbons (Fsp3) is 0.846. The predicted octanol–water partition coefficient (Wildman–Crippen LogP) is 1.50. The zero-order valence-corrected chi connectivity index (χ0v) is 9.97. The van der Waals surface area contributed by atoms with Crippen LogP contribution in [0.4, 0.5) is 0 Å². The summed E-state index contributed by atoms with van der Waals surface area (Å²) in [6.07, 6.45) is 6.11. The van der Waals surface area contributed by atoms with E-state index in [9.17, 15) is 9.59 Å². The molecule has 3 rings (SSSR count). The van der Waals surface area contributed by atoms with Crippen molar-refractivity contribution in [1.29, 1.82) is 0 Å². The standard InChI is InChI=1S/C13H19NO3/c15-12(11-8-4-3-5-9(8)11)14-7-2-1-6-10(14)13(16)17/h8-11H,1-7H2,(H,16,17). The molecule has 3 aliphatic rings. The number of hydrogen-bond donors (Lipinski definition) is 1. The van der Waals surface area contributed by atoms with Crippen LogP contribution in [0.3, 0.4) is 0 Å². The van der Waals surface area contributed by atoms with Crippen molar-refractivity contribution in [2.24, 2.45) is 17.8 Å². The maximum Gasteiger partial charge on any atom is 0.326 e. The highest BCUT2D eigenvalue weighted by Gasteiger charge is 2.58. The zero-order valence-electron chi connectivity index (χ0n) is 9.97. The van der Waals surface area contributed by atoms with Crippen LogP contribution in [0.1, 0.15) is 38.5 Å². The summed E-state index contributed by atoms with van der Waals surface area (Å²) in [5.41, 5.74) is 0. The fourth-order valence-corrected chi connectivity index (χ4v) is 3.83. The van der Waals surface area contributed by atoms with Crippen LogP contribution < -0.4 is 0 Å². The topological polar surface area (TPSA) is 57.6 Å². The lowest BCUT2D eigenvalue weighted by molar-refractivity contribution is -0.153. The van der Waals surface area contributed by atoms with Crippen LogP contribution >= 0.6 is 0 Å². The number of fused-ring (bicyclic) bond motifs is 1. The third-order valence-electron chi connectivity index (χ3n) is 4.76. The van der Waals surface area contributed by atoms with Crippen molar-refractivity contribution < 1.29 is 14.7 Å². The summed E-state index contributed by atoms with van der Waals surface area (Å²) < 4.78 is 0. The van der Waals surface area contributed by atoms with E-state index in [1.54, 1.807) is 4.90 Å². The molecule has 0 bridgehead atoms. The van der Waals surface area contributed by atoms with Gasteiger partial charge in [0.05, 0.1) is 0 Å². The number of aliphatic carboxylic acids is 1. The molecule has 17 heavy (non-hydrogen) atoms. The average molecular weight is 237 g/mol. The van der Waals surface area contributed by atoms with Crippen LogP contribution in [0.15, 0.2) is 0 Å². The number of carbonyl (C=O) groups excluding carboxylic acids is 1. The van der Waals surface area contributed by atoms with E-state index in [4.69, 9.17) is 5.11 Å². The molecule has 3 unspecified atom stereocenters. The Hall–Kier alpha value is -1.06. The third kappa shape index (κ3) is 1.74. The van der Waals surface area contributed by atoms with E-state index in [-0.39, 0.29) is 11.8 Å². The van der Waals surface area contributed by atoms with E-state index in [0.717, 1.165) is 12.8 Å². The van der Waals surface area contributed by atoms with Gasteiger partial charge in [0.15, 0.2) is 0 Å². The van der Waals surface area contributed by atoms with Gasteiger partial charge in [-0.3, -0.25) is 4.79 Å². The number of carboxylic acids is 1. The van der Waals surface area contributed by atoms with E-state index in [1.165, 1.54) is 19.3 Å². The molecule has 2 aliphatic carbocycles. The van der Waals surface area contributed by atoms with Gasteiger partial charge in [-0.15, -0.1) is 0 Å². The van der Waals surface area contributed by atoms with Crippen LogP contribution in [-0.2, 0) is 9.59 Å². The maximum atomic E-state index is 12.4. The average Bonchev–Trinajstić information content (AvgIpc) is 2.81. The lowest BCUT2D eigenvalue weighted by atomic mass is 10.0. The Morgan fingerprint density at radius 3 is 2.35 bits per heavy atom. The van der Waals surface area contributed by atoms with Gasteiger partial charge in [-0.05, 0) is 43.9 Å². The number of likely N-dealkylation sites (tertiary alicyclic amines) is 1. The Morgan fingerprint density at radius 2 is 1.71 bits per heavy atom. The van der Waals surface area contributed by atoms with E-state index in [2.05, 4.69) is 0 Å². The summed E-state index contributed by atoms with van der Waals surface area (Å²) in [5, 5.41) is 9.17. The Kier molecular flexibility index (Phi) is 2.60. The Balaban J connectivity index is 1.69. The van der Waals surface area contributed by atoms with Gasteiger partial charge in [0.1, 0.15) is 6.04 Å². The number of hydrogen-bond acceptors (Lipinski definition) is 2. The van der Waals surface area contributed by atoms with Gasteiger partial charge >= 0.3 is 5.97 Å². The quantitative estimate of drug-likeness (QED) is 0.791. The smallest absolute Gasteiger partial charge is 0.326 e. The molecule has 0 aromatic carbocycles. The predicted molar refractivity (Wildman–Crippen MR) is 61.3 cm³/mol. The Bertz CT molecular complexity index is 345. The Labute approximate surface area is 101 Å². The minimum Gasteiger partial charge on any atom is -0.480 e. The second-order valence-corrected chi connectivity index (χ2v) is 5.67. The molecule has 0 spiro atoms. The van der Waals surface area contributed by atoms with Crippen LogP contribution in [0.2, 0.25) is 0 Å². The zero-order chi connectivity index (χ0) is 12.0. The normalized spacial score (nSPS) is 39.9. The minimum absolute atomic E-state index is 0.131. The Morgan fingerprint density at radius 1 is 1.00 bits per heavy atom. The molecule has 3 atom stereocenters. The molecule has 94 valence electrons. The van der Waals surface area contributed by atoms with Crippen molar-refractivity contribution in [2.75, 3.05) is 6.54 Å². The van der Waals surface area contributed by atoms with Gasteiger partial charge in [-0.25, -0.2) is 4.79 Å². The molecule has 0 aromatic heterocycles. The summed E-state index contributed by atoms with van der Waals surface area (Å²) in [4.78, 5) is 25.2. The van der Waals surface area contributed by atoms with Crippen LogP contribution in [0.5, 0.6) is 0 Å². The summed E-state index contributed by atoms with van der Waals surface area (Å²) in [6, 6.07) is -0.558. The molecule has 3 fully saturated rings. The maximum absolute atomic E-state index is 12.4. The molecule has 0 aromatic rings. The van der Waals surface area contributed by atoms with Gasteiger partial charge in [-0.1, -0.05) is 6.42 Å². The van der Waals surface area contributed by atoms with Crippen molar-refractivity contribution in [3.8, 4) is 0 Å². The summed E-state index contributed by atoms with van der Waals surface area (Å²) in [5.74, 6) is 0.636. The molecule has 1 heterocycles. The highest BCUT2D eigenvalue weighted by molar-refractivity contribution is 5.87. The van der Waals surface area contributed by atoms with E-state index >= 15 is 0 Å². The number of piperidine rings is 1. The molecule has 4 heteroatoms. The molecule has 1 N–H and O–H groups in total. The first-order valence-electron chi connectivity index (χ1n) is 6.73.